The molecule has 0 aliphatic heterocycles. The molecule has 0 saturated carbocycles. The van der Waals surface area contributed by atoms with E-state index in [4.69, 9.17) is 28.3 Å². The Morgan fingerprint density at radius 1 is 0.776 bits per heavy atom. The van der Waals surface area contributed by atoms with Crippen LogP contribution in [0.5, 0.6) is 0 Å². The van der Waals surface area contributed by atoms with E-state index in [1.54, 1.807) is 15.7 Å². The predicted octanol–water partition coefficient (Wildman–Crippen LogP) is -6.96. The van der Waals surface area contributed by atoms with Crippen molar-refractivity contribution in [2.45, 2.75) is 65.5 Å². The van der Waals surface area contributed by atoms with Crippen LogP contribution in [-0.4, -0.2) is 113 Å². The van der Waals surface area contributed by atoms with Crippen LogP contribution in [0.1, 0.15) is 30.4 Å². The molecule has 13 N–H and O–H groups in total. The summed E-state index contributed by atoms with van der Waals surface area (Å²) < 4.78 is 0. The van der Waals surface area contributed by atoms with E-state index in [0.717, 1.165) is 11.1 Å². The third-order valence-electron chi connectivity index (χ3n) is 9.63. The number of hydrogen-bond acceptors (Lipinski definition) is 7. The number of carbonyl (C=O) groups excluding carboxylic acids is 4. The van der Waals surface area contributed by atoms with Crippen molar-refractivity contribution in [1.29, 1.82) is 5.41 Å². The van der Waals surface area contributed by atoms with Crippen molar-refractivity contribution in [2.75, 3.05) is 13.1 Å². The van der Waals surface area contributed by atoms with Gasteiger partial charge in [0.2, 0.25) is 23.6 Å². The molecule has 2 aromatic carbocycles. The number of rotatable bonds is 19. The van der Waals surface area contributed by atoms with E-state index in [0.29, 0.717) is 13.0 Å². The van der Waals surface area contributed by atoms with E-state index >= 15 is 0 Å². The minimum absolute atomic E-state index is 0.0675. The van der Waals surface area contributed by atoms with Crippen molar-refractivity contribution in [3.8, 4) is 0 Å². The Kier molecular flexibility index (Phi) is 14.7. The van der Waals surface area contributed by atoms with Crippen molar-refractivity contribution in [3.63, 3.8) is 0 Å². The number of nitrogens with one attached hydrogen (secondary N) is 5. The zero-order valence-electron chi connectivity index (χ0n) is 29.8. The Morgan fingerprint density at radius 2 is 1.33 bits per heavy atom. The molecule has 4 atom stereocenters. The molecule has 19 heteroatoms. The van der Waals surface area contributed by atoms with Crippen LogP contribution in [0.15, 0.2) is 60.7 Å². The Balaban J connectivity index is 2.43. The van der Waals surface area contributed by atoms with Crippen LogP contribution >= 0.6 is 0 Å². The molecule has 0 fully saturated rings. The van der Waals surface area contributed by atoms with Gasteiger partial charge in [-0.1, -0.05) is 71.1 Å². The first-order valence-electron chi connectivity index (χ1n) is 16.6. The molecule has 0 bridgehead atoms. The Labute approximate surface area is 295 Å². The molecule has 4 amide bonds. The van der Waals surface area contributed by atoms with Gasteiger partial charge in [-0.2, -0.15) is 0 Å². The zero-order chi connectivity index (χ0) is 37.0. The van der Waals surface area contributed by atoms with Gasteiger partial charge >= 0.3 is 0 Å². The molecule has 49 heavy (non-hydrogen) atoms. The largest absolute Gasteiger partial charge is 0.370 e. The summed E-state index contributed by atoms with van der Waals surface area (Å²) >= 11 is 0. The fraction of sp³-hybridized carbons (Fsp3) is 0.433. The number of hydrogen-bond donors (Lipinski definition) is 9. The molecular formula is C30H51B6N9O4. The molecular weight excluding hydrogens is 615 g/mol. The van der Waals surface area contributed by atoms with Gasteiger partial charge in [0, 0.05) is 6.54 Å². The summed E-state index contributed by atoms with van der Waals surface area (Å²) in [7, 11) is 11.1. The number of carbonyl (C=O) groups is 4. The minimum atomic E-state index is -1.59. The first-order valence-corrected chi connectivity index (χ1v) is 16.6. The summed E-state index contributed by atoms with van der Waals surface area (Å²) in [6.07, 6.45) is 1.02. The number of benzene rings is 2. The zero-order valence-corrected chi connectivity index (χ0v) is 29.8. The third kappa shape index (κ3) is 12.1. The van der Waals surface area contributed by atoms with Crippen LogP contribution in [0.2, 0.25) is 10.4 Å². The highest BCUT2D eigenvalue weighted by atomic mass is 16.2. The highest BCUT2D eigenvalue weighted by Gasteiger charge is 2.47. The monoisotopic (exact) mass is 667 g/mol. The van der Waals surface area contributed by atoms with Gasteiger partial charge in [-0.25, -0.2) is 0 Å². The van der Waals surface area contributed by atoms with Gasteiger partial charge in [0.25, 0.3) is 0 Å². The summed E-state index contributed by atoms with van der Waals surface area (Å²) in [5.74, 6) is -2.74. The topological polar surface area (TPSA) is 244 Å². The summed E-state index contributed by atoms with van der Waals surface area (Å²) in [5.41, 5.74) is 22.2. The van der Waals surface area contributed by atoms with E-state index < -0.39 is 57.0 Å². The molecule has 0 radical (unpaired) electrons. The van der Waals surface area contributed by atoms with Gasteiger partial charge in [-0.3, -0.25) is 24.6 Å². The van der Waals surface area contributed by atoms with Gasteiger partial charge in [-0.15, -0.1) is 0 Å². The second-order valence-corrected chi connectivity index (χ2v) is 14.6. The second-order valence-electron chi connectivity index (χ2n) is 14.6. The van der Waals surface area contributed by atoms with Crippen LogP contribution in [0.3, 0.4) is 0 Å². The smallest absolute Gasteiger partial charge is 0.242 e. The second kappa shape index (κ2) is 17.5. The normalized spacial score (nSPS) is 15.3. The van der Waals surface area contributed by atoms with Crippen LogP contribution in [-0.2, 0) is 32.0 Å². The van der Waals surface area contributed by atoms with Crippen LogP contribution in [0.25, 0.3) is 0 Å². The number of nitrogens with two attached hydrogens (primary N) is 4. The molecule has 258 valence electrons. The molecule has 0 saturated heterocycles. The maximum absolute atomic E-state index is 14.3. The average Bonchev–Trinajstić information content (AvgIpc) is 3.02. The van der Waals surface area contributed by atoms with Crippen molar-refractivity contribution in [2.24, 2.45) is 22.9 Å². The first-order chi connectivity index (χ1) is 22.7. The van der Waals surface area contributed by atoms with Crippen LogP contribution in [0, 0.1) is 5.41 Å². The molecule has 2 rings (SSSR count). The van der Waals surface area contributed by atoms with E-state index in [1.165, 1.54) is 0 Å². The highest BCUT2D eigenvalue weighted by Crippen LogP contribution is 2.45. The van der Waals surface area contributed by atoms with Gasteiger partial charge in [0.05, 0.1) is 48.3 Å². The molecule has 0 spiro atoms. The lowest BCUT2D eigenvalue weighted by atomic mass is 9.27. The minimum Gasteiger partial charge on any atom is -0.370 e. The maximum atomic E-state index is 14.3. The predicted molar refractivity (Wildman–Crippen MR) is 211 cm³/mol. The molecule has 0 aromatic heterocycles. The summed E-state index contributed by atoms with van der Waals surface area (Å²) in [6.45, 7) is 0.618. The Hall–Kier alpha value is -4.10. The molecule has 2 aromatic rings. The Bertz CT molecular complexity index is 1460. The van der Waals surface area contributed by atoms with E-state index in [2.05, 4.69) is 21.3 Å². The molecule has 0 aliphatic carbocycles. The van der Waals surface area contributed by atoms with E-state index in [-0.39, 0.29) is 38.2 Å². The maximum Gasteiger partial charge on any atom is 0.242 e. The molecule has 13 nitrogen and oxygen atoms in total. The van der Waals surface area contributed by atoms with E-state index in [1.807, 2.05) is 92.0 Å². The fourth-order valence-corrected chi connectivity index (χ4v) is 5.56. The van der Waals surface area contributed by atoms with Crippen LogP contribution in [0.4, 0.5) is 0 Å². The number of amides is 4. The van der Waals surface area contributed by atoms with Gasteiger partial charge in [-0.05, 0) is 49.8 Å². The summed E-state index contributed by atoms with van der Waals surface area (Å²) in [5, 5.41) is 17.7. The quantitative estimate of drug-likeness (QED) is 0.0301. The lowest BCUT2D eigenvalue weighted by Gasteiger charge is -2.47. The fourth-order valence-electron chi connectivity index (χ4n) is 5.56. The van der Waals surface area contributed by atoms with Crippen molar-refractivity contribution in [1.82, 2.24) is 21.3 Å². The average molecular weight is 667 g/mol. The van der Waals surface area contributed by atoms with E-state index in [9.17, 15) is 19.2 Å². The molecule has 0 aliphatic rings. The van der Waals surface area contributed by atoms with Gasteiger partial charge in [0.1, 0.15) is 21.7 Å². The van der Waals surface area contributed by atoms with Crippen molar-refractivity contribution >= 4 is 76.7 Å². The summed E-state index contributed by atoms with van der Waals surface area (Å²) in [6, 6.07) is 16.4. The van der Waals surface area contributed by atoms with Crippen LogP contribution < -0.4 is 44.2 Å². The highest BCUT2D eigenvalue weighted by molar-refractivity contribution is 6.54. The first kappa shape index (κ1) is 41.1. The lowest BCUT2D eigenvalue weighted by molar-refractivity contribution is -0.135. The SMILES string of the molecule is BC(B)(CN)C(B)(B)C[C@](B)(NC(=O)[C@](B)(Cc1ccccc1)NC(=O)[C@@H](CCCNC(=N)N)NC(=O)[C@@H](N)Cc1ccccc1)C(N)=O. The van der Waals surface area contributed by atoms with Crippen molar-refractivity contribution in [3.05, 3.63) is 71.8 Å². The number of guanidine groups is 1. The third-order valence-corrected chi connectivity index (χ3v) is 9.63. The summed E-state index contributed by atoms with van der Waals surface area (Å²) in [4.78, 5) is 54.6. The standard InChI is InChI=1S/C30H51B6N9O4/c31-27(15-19-10-5-2-6-11-19,25(49)45-28(32,24(39)48)16-29(33,34)30(35,36)17-37)44-23(47)21(12-7-13-42-26(40)41)43-22(46)20(38)14-18-8-3-1-4-9-18/h1-6,8-11,20-21H,7,12-17,31-38H2,(H2,39,48)(H,43,46)(H,44,47)(H,45,49)(H4,40,41,42)/t20-,21+,27-,28-/m0/s1. The molecule has 0 unspecified atom stereocenters. The van der Waals surface area contributed by atoms with Gasteiger partial charge < -0.3 is 44.2 Å². The van der Waals surface area contributed by atoms with Crippen molar-refractivity contribution < 1.29 is 19.2 Å². The van der Waals surface area contributed by atoms with Gasteiger partial charge in [0.15, 0.2) is 5.96 Å². The lowest BCUT2D eigenvalue weighted by Crippen LogP contribution is -2.70. The Morgan fingerprint density at radius 3 is 1.84 bits per heavy atom. The molecule has 0 heterocycles. The number of primary amides is 1.